The van der Waals surface area contributed by atoms with Gasteiger partial charge in [0, 0.05) is 44.5 Å². The molecule has 2 aliphatic heterocycles. The average Bonchev–Trinajstić information content (AvgIpc) is 3.26. The van der Waals surface area contributed by atoms with Gasteiger partial charge in [-0.1, -0.05) is 0 Å². The molecule has 0 saturated carbocycles. The minimum Gasteiger partial charge on any atom is -0.468 e. The van der Waals surface area contributed by atoms with E-state index in [1.54, 1.807) is 6.26 Å². The summed E-state index contributed by atoms with van der Waals surface area (Å²) in [6.07, 6.45) is 6.83. The van der Waals surface area contributed by atoms with Gasteiger partial charge in [-0.05, 0) is 25.1 Å². The molecule has 2 aliphatic rings. The summed E-state index contributed by atoms with van der Waals surface area (Å²) >= 11 is 0. The van der Waals surface area contributed by atoms with Crippen LogP contribution in [0.15, 0.2) is 35.2 Å². The Morgan fingerprint density at radius 1 is 1.21 bits per heavy atom. The van der Waals surface area contributed by atoms with E-state index < -0.39 is 0 Å². The van der Waals surface area contributed by atoms with Gasteiger partial charge < -0.3 is 13.7 Å². The second-order valence-corrected chi connectivity index (χ2v) is 7.26. The number of aromatic nitrogens is 2. The molecule has 6 heteroatoms. The summed E-state index contributed by atoms with van der Waals surface area (Å²) in [6.45, 7) is 7.70. The van der Waals surface area contributed by atoms with E-state index in [1.807, 2.05) is 18.5 Å². The fraction of sp³-hybridized carbons (Fsp3) is 0.611. The summed E-state index contributed by atoms with van der Waals surface area (Å²) in [5.74, 6) is 2.17. The molecule has 4 heterocycles. The zero-order chi connectivity index (χ0) is 16.4. The zero-order valence-corrected chi connectivity index (χ0v) is 14.4. The van der Waals surface area contributed by atoms with E-state index in [1.165, 1.54) is 6.42 Å². The minimum absolute atomic E-state index is 0.230. The predicted molar refractivity (Wildman–Crippen MR) is 90.3 cm³/mol. The molecule has 0 aliphatic carbocycles. The summed E-state index contributed by atoms with van der Waals surface area (Å²) < 4.78 is 13.6. The Kier molecular flexibility index (Phi) is 4.43. The van der Waals surface area contributed by atoms with Crippen molar-refractivity contribution in [1.29, 1.82) is 0 Å². The summed E-state index contributed by atoms with van der Waals surface area (Å²) in [7, 11) is 2.06. The Labute approximate surface area is 143 Å². The van der Waals surface area contributed by atoms with Crippen LogP contribution in [0.25, 0.3) is 0 Å². The zero-order valence-electron chi connectivity index (χ0n) is 14.4. The molecular formula is C18H26N4O2. The van der Waals surface area contributed by atoms with Crippen molar-refractivity contribution in [2.75, 3.05) is 39.4 Å². The minimum atomic E-state index is 0.230. The van der Waals surface area contributed by atoms with Crippen LogP contribution in [0.5, 0.6) is 0 Å². The number of hydrogen-bond acceptors (Lipinski definition) is 5. The molecule has 4 rings (SSSR count). The van der Waals surface area contributed by atoms with E-state index >= 15 is 0 Å². The Morgan fingerprint density at radius 3 is 2.83 bits per heavy atom. The third kappa shape index (κ3) is 3.41. The largest absolute Gasteiger partial charge is 0.468 e. The number of aryl methyl sites for hydroxylation is 1. The number of imidazole rings is 1. The lowest BCUT2D eigenvalue weighted by Gasteiger charge is -2.31. The van der Waals surface area contributed by atoms with Crippen molar-refractivity contribution in [1.82, 2.24) is 19.4 Å². The van der Waals surface area contributed by atoms with Gasteiger partial charge in [0.05, 0.1) is 32.6 Å². The average molecular weight is 330 g/mol. The molecule has 1 atom stereocenters. The highest BCUT2D eigenvalue weighted by atomic mass is 16.5. The van der Waals surface area contributed by atoms with E-state index in [0.717, 1.165) is 64.1 Å². The van der Waals surface area contributed by atoms with Gasteiger partial charge in [-0.2, -0.15) is 0 Å². The van der Waals surface area contributed by atoms with Gasteiger partial charge in [0.2, 0.25) is 0 Å². The molecule has 1 spiro atoms. The lowest BCUT2D eigenvalue weighted by molar-refractivity contribution is 0.0701. The summed E-state index contributed by atoms with van der Waals surface area (Å²) in [5.41, 5.74) is 0.230. The number of furan rings is 1. The maximum Gasteiger partial charge on any atom is 0.122 e. The highest BCUT2D eigenvalue weighted by Gasteiger charge is 2.41. The van der Waals surface area contributed by atoms with Crippen molar-refractivity contribution in [3.05, 3.63) is 42.4 Å². The van der Waals surface area contributed by atoms with Gasteiger partial charge in [0.1, 0.15) is 11.6 Å². The van der Waals surface area contributed by atoms with E-state index in [9.17, 15) is 0 Å². The smallest absolute Gasteiger partial charge is 0.122 e. The maximum absolute atomic E-state index is 5.97. The van der Waals surface area contributed by atoms with Gasteiger partial charge in [-0.15, -0.1) is 0 Å². The number of rotatable bonds is 4. The van der Waals surface area contributed by atoms with Crippen LogP contribution in [0, 0.1) is 5.41 Å². The van der Waals surface area contributed by atoms with Crippen LogP contribution in [0.2, 0.25) is 0 Å². The lowest BCUT2D eigenvalue weighted by atomic mass is 9.87. The Hall–Kier alpha value is -1.63. The second-order valence-electron chi connectivity index (χ2n) is 7.26. The summed E-state index contributed by atoms with van der Waals surface area (Å²) in [4.78, 5) is 9.46. The SMILES string of the molecule is Cn1ccnc1CN1CC[C@]2(COCCN(Cc3ccco3)C2)C1. The highest BCUT2D eigenvalue weighted by Crippen LogP contribution is 2.34. The molecule has 130 valence electrons. The van der Waals surface area contributed by atoms with Crippen molar-refractivity contribution in [3.63, 3.8) is 0 Å². The van der Waals surface area contributed by atoms with Crippen LogP contribution < -0.4 is 0 Å². The third-order valence-electron chi connectivity index (χ3n) is 5.28. The van der Waals surface area contributed by atoms with Gasteiger partial charge in [0.25, 0.3) is 0 Å². The molecule has 0 N–H and O–H groups in total. The maximum atomic E-state index is 5.97. The molecule has 0 amide bonds. The van der Waals surface area contributed by atoms with Gasteiger partial charge in [0.15, 0.2) is 0 Å². The molecule has 2 aromatic rings. The van der Waals surface area contributed by atoms with E-state index in [-0.39, 0.29) is 5.41 Å². The van der Waals surface area contributed by atoms with Crippen LogP contribution >= 0.6 is 0 Å². The normalized spacial score (nSPS) is 26.2. The van der Waals surface area contributed by atoms with Crippen molar-refractivity contribution >= 4 is 0 Å². The van der Waals surface area contributed by atoms with Crippen molar-refractivity contribution in [3.8, 4) is 0 Å². The van der Waals surface area contributed by atoms with Crippen LogP contribution in [0.1, 0.15) is 18.0 Å². The van der Waals surface area contributed by atoms with Crippen LogP contribution in [-0.2, 0) is 24.9 Å². The van der Waals surface area contributed by atoms with Gasteiger partial charge in [-0.25, -0.2) is 4.98 Å². The first kappa shape index (κ1) is 15.9. The molecule has 24 heavy (non-hydrogen) atoms. The van der Waals surface area contributed by atoms with Crippen molar-refractivity contribution < 1.29 is 9.15 Å². The Bertz CT molecular complexity index is 654. The number of likely N-dealkylation sites (tertiary alicyclic amines) is 1. The first-order valence-corrected chi connectivity index (χ1v) is 8.74. The van der Waals surface area contributed by atoms with E-state index in [4.69, 9.17) is 9.15 Å². The number of hydrogen-bond donors (Lipinski definition) is 0. The lowest BCUT2D eigenvalue weighted by Crippen LogP contribution is -2.40. The van der Waals surface area contributed by atoms with E-state index in [2.05, 4.69) is 32.5 Å². The fourth-order valence-electron chi connectivity index (χ4n) is 4.00. The Morgan fingerprint density at radius 2 is 2.08 bits per heavy atom. The van der Waals surface area contributed by atoms with Crippen molar-refractivity contribution in [2.24, 2.45) is 12.5 Å². The monoisotopic (exact) mass is 330 g/mol. The standard InChI is InChI=1S/C18H26N4O2/c1-20-7-5-19-17(20)12-21-6-4-18(13-21)14-22(8-10-23-15-18)11-16-3-2-9-24-16/h2-3,5,7,9H,4,6,8,10-15H2,1H3/t18-/m0/s1. The molecule has 0 bridgehead atoms. The molecule has 2 fully saturated rings. The fourth-order valence-corrected chi connectivity index (χ4v) is 4.00. The molecule has 0 radical (unpaired) electrons. The Balaban J connectivity index is 1.41. The quantitative estimate of drug-likeness (QED) is 0.854. The van der Waals surface area contributed by atoms with E-state index in [0.29, 0.717) is 0 Å². The first-order chi connectivity index (χ1) is 11.7. The highest BCUT2D eigenvalue weighted by molar-refractivity contribution is 5.01. The van der Waals surface area contributed by atoms with Crippen LogP contribution in [-0.4, -0.2) is 58.7 Å². The topological polar surface area (TPSA) is 46.7 Å². The number of ether oxygens (including phenoxy) is 1. The first-order valence-electron chi connectivity index (χ1n) is 8.74. The van der Waals surface area contributed by atoms with Gasteiger partial charge >= 0.3 is 0 Å². The van der Waals surface area contributed by atoms with Crippen LogP contribution in [0.4, 0.5) is 0 Å². The molecule has 0 unspecified atom stereocenters. The molecule has 6 nitrogen and oxygen atoms in total. The predicted octanol–water partition coefficient (Wildman–Crippen LogP) is 1.74. The number of nitrogens with zero attached hydrogens (tertiary/aromatic N) is 4. The van der Waals surface area contributed by atoms with Gasteiger partial charge in [-0.3, -0.25) is 9.80 Å². The molecule has 2 aromatic heterocycles. The second kappa shape index (κ2) is 6.70. The molecular weight excluding hydrogens is 304 g/mol. The third-order valence-corrected chi connectivity index (χ3v) is 5.28. The summed E-state index contributed by atoms with van der Waals surface area (Å²) in [5, 5.41) is 0. The molecule has 2 saturated heterocycles. The van der Waals surface area contributed by atoms with Crippen molar-refractivity contribution in [2.45, 2.75) is 19.5 Å². The summed E-state index contributed by atoms with van der Waals surface area (Å²) in [6, 6.07) is 4.02. The molecule has 0 aromatic carbocycles. The van der Waals surface area contributed by atoms with Crippen LogP contribution in [0.3, 0.4) is 0 Å².